The number of amides is 4. The first-order chi connectivity index (χ1) is 14.8. The molecule has 1 saturated heterocycles. The zero-order chi connectivity index (χ0) is 22.6. The standard InChI is InChI=1S/C23H24FN3O4/c1-3-23(17-9-11-18(24)12-10-17)21(30)27(22(31)26-23)14-20(29)25-19(15(2)28)13-16-7-5-4-6-8-16/h4-12,19H,3,13-14H2,1-2H3,(H,25,29)(H,26,31). The number of Topliss-reactive ketones (excluding diaryl/α,β-unsaturated/α-hetero) is 1. The number of ketones is 1. The second-order valence-corrected chi connectivity index (χ2v) is 7.51. The number of carbonyl (C=O) groups excluding carboxylic acids is 4. The highest BCUT2D eigenvalue weighted by molar-refractivity contribution is 6.09. The van der Waals surface area contributed by atoms with Crippen LogP contribution in [0.5, 0.6) is 0 Å². The van der Waals surface area contributed by atoms with E-state index in [0.29, 0.717) is 12.0 Å². The lowest BCUT2D eigenvalue weighted by atomic mass is 9.87. The lowest BCUT2D eigenvalue weighted by molar-refractivity contribution is -0.136. The third-order valence-electron chi connectivity index (χ3n) is 5.45. The van der Waals surface area contributed by atoms with Crippen LogP contribution in [0.1, 0.15) is 31.4 Å². The van der Waals surface area contributed by atoms with Gasteiger partial charge in [0.25, 0.3) is 5.91 Å². The molecule has 0 radical (unpaired) electrons. The van der Waals surface area contributed by atoms with E-state index in [1.807, 2.05) is 30.3 Å². The highest BCUT2D eigenvalue weighted by Gasteiger charge is 2.51. The van der Waals surface area contributed by atoms with Crippen LogP contribution in [0, 0.1) is 5.82 Å². The summed E-state index contributed by atoms with van der Waals surface area (Å²) in [6, 6.07) is 13.0. The van der Waals surface area contributed by atoms with Crippen LogP contribution in [0.2, 0.25) is 0 Å². The van der Waals surface area contributed by atoms with Crippen molar-refractivity contribution in [2.75, 3.05) is 6.54 Å². The quantitative estimate of drug-likeness (QED) is 0.635. The Morgan fingerprint density at radius 2 is 1.74 bits per heavy atom. The van der Waals surface area contributed by atoms with Crippen molar-refractivity contribution in [3.05, 3.63) is 71.5 Å². The van der Waals surface area contributed by atoms with Gasteiger partial charge >= 0.3 is 6.03 Å². The van der Waals surface area contributed by atoms with E-state index in [-0.39, 0.29) is 12.2 Å². The summed E-state index contributed by atoms with van der Waals surface area (Å²) in [7, 11) is 0. The van der Waals surface area contributed by atoms with Crippen molar-refractivity contribution >= 4 is 23.6 Å². The van der Waals surface area contributed by atoms with Crippen LogP contribution in [0.25, 0.3) is 0 Å². The smallest absolute Gasteiger partial charge is 0.325 e. The van der Waals surface area contributed by atoms with Gasteiger partial charge in [-0.15, -0.1) is 0 Å². The maximum atomic E-state index is 13.3. The van der Waals surface area contributed by atoms with E-state index in [1.165, 1.54) is 31.2 Å². The van der Waals surface area contributed by atoms with E-state index in [2.05, 4.69) is 10.6 Å². The van der Waals surface area contributed by atoms with Crippen LogP contribution in [-0.2, 0) is 26.3 Å². The first-order valence-electron chi connectivity index (χ1n) is 10.0. The summed E-state index contributed by atoms with van der Waals surface area (Å²) >= 11 is 0. The van der Waals surface area contributed by atoms with Crippen LogP contribution >= 0.6 is 0 Å². The second kappa shape index (κ2) is 9.07. The van der Waals surface area contributed by atoms with Gasteiger partial charge in [-0.2, -0.15) is 0 Å². The zero-order valence-corrected chi connectivity index (χ0v) is 17.4. The van der Waals surface area contributed by atoms with E-state index in [1.54, 1.807) is 6.92 Å². The van der Waals surface area contributed by atoms with Crippen molar-refractivity contribution in [2.24, 2.45) is 0 Å². The van der Waals surface area contributed by atoms with Gasteiger partial charge in [0.1, 0.15) is 17.9 Å². The summed E-state index contributed by atoms with van der Waals surface area (Å²) in [5.41, 5.74) is -0.0580. The second-order valence-electron chi connectivity index (χ2n) is 7.51. The van der Waals surface area contributed by atoms with Crippen molar-refractivity contribution in [1.29, 1.82) is 0 Å². The lowest BCUT2D eigenvalue weighted by Gasteiger charge is -2.26. The third kappa shape index (κ3) is 4.63. The lowest BCUT2D eigenvalue weighted by Crippen LogP contribution is -2.48. The molecule has 0 spiro atoms. The maximum absolute atomic E-state index is 13.3. The van der Waals surface area contributed by atoms with E-state index in [0.717, 1.165) is 10.5 Å². The Kier molecular flexibility index (Phi) is 6.48. The molecule has 8 heteroatoms. The Bertz CT molecular complexity index is 994. The molecule has 1 fully saturated rings. The molecular formula is C23H24FN3O4. The largest absolute Gasteiger partial charge is 0.344 e. The topological polar surface area (TPSA) is 95.6 Å². The van der Waals surface area contributed by atoms with Crippen LogP contribution in [0.3, 0.4) is 0 Å². The third-order valence-corrected chi connectivity index (χ3v) is 5.45. The first-order valence-corrected chi connectivity index (χ1v) is 10.0. The van der Waals surface area contributed by atoms with Crippen LogP contribution in [0.15, 0.2) is 54.6 Å². The highest BCUT2D eigenvalue weighted by Crippen LogP contribution is 2.32. The molecule has 0 aliphatic carbocycles. The van der Waals surface area contributed by atoms with Gasteiger partial charge in [0.05, 0.1) is 6.04 Å². The van der Waals surface area contributed by atoms with Gasteiger partial charge in [-0.05, 0) is 43.0 Å². The van der Waals surface area contributed by atoms with Gasteiger partial charge in [-0.3, -0.25) is 19.3 Å². The minimum Gasteiger partial charge on any atom is -0.344 e. The molecule has 2 atom stereocenters. The Morgan fingerprint density at radius 3 is 2.32 bits per heavy atom. The molecular weight excluding hydrogens is 401 g/mol. The van der Waals surface area contributed by atoms with Gasteiger partial charge in [-0.1, -0.05) is 49.4 Å². The molecule has 2 aromatic rings. The number of rotatable bonds is 8. The molecule has 0 saturated carbocycles. The molecule has 1 aliphatic heterocycles. The Labute approximate surface area is 179 Å². The molecule has 0 aromatic heterocycles. The average molecular weight is 425 g/mol. The van der Waals surface area contributed by atoms with Crippen molar-refractivity contribution in [1.82, 2.24) is 15.5 Å². The molecule has 2 aromatic carbocycles. The van der Waals surface area contributed by atoms with Crippen molar-refractivity contribution in [3.63, 3.8) is 0 Å². The van der Waals surface area contributed by atoms with Gasteiger partial charge in [-0.25, -0.2) is 9.18 Å². The highest BCUT2D eigenvalue weighted by atomic mass is 19.1. The SMILES string of the molecule is CCC1(c2ccc(F)cc2)NC(=O)N(CC(=O)NC(Cc2ccccc2)C(C)=O)C1=O. The van der Waals surface area contributed by atoms with Gasteiger partial charge in [0.15, 0.2) is 5.78 Å². The summed E-state index contributed by atoms with van der Waals surface area (Å²) in [5.74, 6) is -1.91. The Hall–Kier alpha value is -3.55. The summed E-state index contributed by atoms with van der Waals surface area (Å²) in [6.07, 6.45) is 0.530. The minimum absolute atomic E-state index is 0.228. The number of hydrogen-bond acceptors (Lipinski definition) is 4. The fourth-order valence-corrected chi connectivity index (χ4v) is 3.67. The van der Waals surface area contributed by atoms with E-state index in [9.17, 15) is 23.6 Å². The zero-order valence-electron chi connectivity index (χ0n) is 17.4. The molecule has 2 N–H and O–H groups in total. The minimum atomic E-state index is -1.37. The summed E-state index contributed by atoms with van der Waals surface area (Å²) in [6.45, 7) is 2.57. The molecule has 1 heterocycles. The molecule has 1 aliphatic rings. The number of nitrogens with zero attached hydrogens (tertiary/aromatic N) is 1. The molecule has 7 nitrogen and oxygen atoms in total. The Morgan fingerprint density at radius 1 is 1.10 bits per heavy atom. The average Bonchev–Trinajstić information content (AvgIpc) is 2.99. The van der Waals surface area contributed by atoms with E-state index in [4.69, 9.17) is 0 Å². The van der Waals surface area contributed by atoms with Gasteiger partial charge in [0, 0.05) is 0 Å². The van der Waals surface area contributed by atoms with E-state index < -0.39 is 41.8 Å². The van der Waals surface area contributed by atoms with Crippen molar-refractivity contribution in [3.8, 4) is 0 Å². The summed E-state index contributed by atoms with van der Waals surface area (Å²) < 4.78 is 13.3. The first kappa shape index (κ1) is 22.1. The number of benzene rings is 2. The van der Waals surface area contributed by atoms with Crippen molar-refractivity contribution < 1.29 is 23.6 Å². The monoisotopic (exact) mass is 425 g/mol. The summed E-state index contributed by atoms with van der Waals surface area (Å²) in [5, 5.41) is 5.26. The summed E-state index contributed by atoms with van der Waals surface area (Å²) in [4.78, 5) is 51.0. The fraction of sp³-hybridized carbons (Fsp3) is 0.304. The molecule has 0 bridgehead atoms. The van der Waals surface area contributed by atoms with Crippen LogP contribution in [-0.4, -0.2) is 41.1 Å². The molecule has 4 amide bonds. The number of hydrogen-bond donors (Lipinski definition) is 2. The Balaban J connectivity index is 1.73. The molecule has 162 valence electrons. The fourth-order valence-electron chi connectivity index (χ4n) is 3.67. The normalized spacial score (nSPS) is 19.1. The number of urea groups is 1. The number of imide groups is 1. The number of carbonyl (C=O) groups is 4. The maximum Gasteiger partial charge on any atom is 0.325 e. The van der Waals surface area contributed by atoms with Crippen LogP contribution in [0.4, 0.5) is 9.18 Å². The van der Waals surface area contributed by atoms with E-state index >= 15 is 0 Å². The molecule has 2 unspecified atom stereocenters. The predicted octanol–water partition coefficient (Wildman–Crippen LogP) is 2.30. The molecule has 31 heavy (non-hydrogen) atoms. The number of halogens is 1. The van der Waals surface area contributed by atoms with Gasteiger partial charge < -0.3 is 10.6 Å². The van der Waals surface area contributed by atoms with Gasteiger partial charge in [0.2, 0.25) is 5.91 Å². The van der Waals surface area contributed by atoms with Crippen LogP contribution < -0.4 is 10.6 Å². The van der Waals surface area contributed by atoms with Crippen molar-refractivity contribution in [2.45, 2.75) is 38.3 Å². The predicted molar refractivity (Wildman–Crippen MR) is 111 cm³/mol. The molecule has 3 rings (SSSR count). The number of nitrogens with one attached hydrogen (secondary N) is 2.